The minimum Gasteiger partial charge on any atom is -0.359 e. The van der Waals surface area contributed by atoms with Gasteiger partial charge in [0.2, 0.25) is 0 Å². The third kappa shape index (κ3) is 1.20. The Kier molecular flexibility index (Phi) is 1.62. The summed E-state index contributed by atoms with van der Waals surface area (Å²) in [5.41, 5.74) is -0.360. The zero-order chi connectivity index (χ0) is 9.42. The number of benzene rings is 1. The van der Waals surface area contributed by atoms with Gasteiger partial charge in [0.1, 0.15) is 11.6 Å². The standard InChI is InChI=1S/C9H5F2NO/c10-5-3-6-8(13)1-2-12-9(6)7(11)4-5/h1-4H,(H,12,13). The van der Waals surface area contributed by atoms with Gasteiger partial charge < -0.3 is 4.98 Å². The van der Waals surface area contributed by atoms with E-state index in [2.05, 4.69) is 4.98 Å². The normalized spacial score (nSPS) is 10.6. The van der Waals surface area contributed by atoms with Crippen LogP contribution in [0.3, 0.4) is 0 Å². The molecule has 0 atom stereocenters. The molecule has 0 amide bonds. The summed E-state index contributed by atoms with van der Waals surface area (Å²) in [6.07, 6.45) is 1.33. The summed E-state index contributed by atoms with van der Waals surface area (Å²) >= 11 is 0. The van der Waals surface area contributed by atoms with E-state index in [1.165, 1.54) is 12.3 Å². The fraction of sp³-hybridized carbons (Fsp3) is 0. The molecule has 0 aliphatic heterocycles. The molecule has 2 nitrogen and oxygen atoms in total. The molecule has 0 fully saturated rings. The van der Waals surface area contributed by atoms with Crippen molar-refractivity contribution >= 4 is 10.9 Å². The van der Waals surface area contributed by atoms with Gasteiger partial charge in [0.25, 0.3) is 0 Å². The van der Waals surface area contributed by atoms with Crippen LogP contribution in [0.15, 0.2) is 29.2 Å². The van der Waals surface area contributed by atoms with E-state index in [-0.39, 0.29) is 10.9 Å². The highest BCUT2D eigenvalue weighted by atomic mass is 19.1. The van der Waals surface area contributed by atoms with E-state index >= 15 is 0 Å². The number of pyridine rings is 1. The number of nitrogens with one attached hydrogen (secondary N) is 1. The van der Waals surface area contributed by atoms with Crippen molar-refractivity contribution in [1.29, 1.82) is 0 Å². The van der Waals surface area contributed by atoms with Gasteiger partial charge in [-0.15, -0.1) is 0 Å². The van der Waals surface area contributed by atoms with E-state index in [4.69, 9.17) is 0 Å². The lowest BCUT2D eigenvalue weighted by Gasteiger charge is -1.97. The maximum absolute atomic E-state index is 13.0. The summed E-state index contributed by atoms with van der Waals surface area (Å²) in [6, 6.07) is 2.97. The quantitative estimate of drug-likeness (QED) is 0.660. The van der Waals surface area contributed by atoms with Gasteiger partial charge >= 0.3 is 0 Å². The van der Waals surface area contributed by atoms with Crippen molar-refractivity contribution in [1.82, 2.24) is 4.98 Å². The maximum Gasteiger partial charge on any atom is 0.189 e. The average Bonchev–Trinajstić information content (AvgIpc) is 2.07. The molecular formula is C9H5F2NO. The Hall–Kier alpha value is -1.71. The van der Waals surface area contributed by atoms with Gasteiger partial charge in [0, 0.05) is 18.3 Å². The van der Waals surface area contributed by atoms with Gasteiger partial charge in [-0.3, -0.25) is 4.79 Å². The number of hydrogen-bond donors (Lipinski definition) is 1. The third-order valence-electron chi connectivity index (χ3n) is 1.78. The molecule has 2 rings (SSSR count). The predicted molar refractivity (Wildman–Crippen MR) is 44.5 cm³/mol. The lowest BCUT2D eigenvalue weighted by Crippen LogP contribution is -2.01. The number of hydrogen-bond acceptors (Lipinski definition) is 1. The van der Waals surface area contributed by atoms with Crippen molar-refractivity contribution in [3.8, 4) is 0 Å². The van der Waals surface area contributed by atoms with Gasteiger partial charge in [-0.2, -0.15) is 0 Å². The smallest absolute Gasteiger partial charge is 0.189 e. The zero-order valence-corrected chi connectivity index (χ0v) is 6.47. The van der Waals surface area contributed by atoms with Crippen LogP contribution in [-0.4, -0.2) is 4.98 Å². The second kappa shape index (κ2) is 2.65. The number of halogens is 2. The van der Waals surface area contributed by atoms with Crippen LogP contribution in [0, 0.1) is 11.6 Å². The van der Waals surface area contributed by atoms with Crippen molar-refractivity contribution < 1.29 is 8.78 Å². The summed E-state index contributed by atoms with van der Waals surface area (Å²) < 4.78 is 25.7. The van der Waals surface area contributed by atoms with Crippen molar-refractivity contribution in [2.75, 3.05) is 0 Å². The zero-order valence-electron chi connectivity index (χ0n) is 6.47. The van der Waals surface area contributed by atoms with Crippen LogP contribution in [0.5, 0.6) is 0 Å². The van der Waals surface area contributed by atoms with Crippen LogP contribution in [0.2, 0.25) is 0 Å². The maximum atomic E-state index is 13.0. The molecule has 0 spiro atoms. The Morgan fingerprint density at radius 3 is 2.77 bits per heavy atom. The molecule has 0 bridgehead atoms. The summed E-state index contributed by atoms with van der Waals surface area (Å²) in [7, 11) is 0. The molecule has 1 heterocycles. The summed E-state index contributed by atoms with van der Waals surface area (Å²) in [4.78, 5) is 13.7. The molecule has 1 aromatic carbocycles. The number of rotatable bonds is 0. The number of fused-ring (bicyclic) bond motifs is 1. The first-order valence-electron chi connectivity index (χ1n) is 3.65. The number of aromatic amines is 1. The third-order valence-corrected chi connectivity index (χ3v) is 1.78. The van der Waals surface area contributed by atoms with Crippen LogP contribution in [0.1, 0.15) is 0 Å². The highest BCUT2D eigenvalue weighted by Gasteiger charge is 2.05. The Morgan fingerprint density at radius 1 is 1.23 bits per heavy atom. The average molecular weight is 181 g/mol. The van der Waals surface area contributed by atoms with Crippen LogP contribution in [0.25, 0.3) is 10.9 Å². The number of aromatic nitrogens is 1. The van der Waals surface area contributed by atoms with E-state index in [9.17, 15) is 13.6 Å². The van der Waals surface area contributed by atoms with E-state index < -0.39 is 17.1 Å². The molecule has 0 saturated heterocycles. The van der Waals surface area contributed by atoms with Gasteiger partial charge in [0.15, 0.2) is 5.43 Å². The first kappa shape index (κ1) is 7.91. The highest BCUT2D eigenvalue weighted by Crippen LogP contribution is 2.13. The molecule has 0 radical (unpaired) electrons. The fourth-order valence-corrected chi connectivity index (χ4v) is 1.21. The summed E-state index contributed by atoms with van der Waals surface area (Å²) in [5, 5.41) is 0.0278. The van der Waals surface area contributed by atoms with E-state index in [1.807, 2.05) is 0 Å². The second-order valence-corrected chi connectivity index (χ2v) is 2.65. The largest absolute Gasteiger partial charge is 0.359 e. The first-order valence-corrected chi connectivity index (χ1v) is 3.65. The van der Waals surface area contributed by atoms with Crippen LogP contribution < -0.4 is 5.43 Å². The van der Waals surface area contributed by atoms with Gasteiger partial charge in [-0.05, 0) is 6.07 Å². The van der Waals surface area contributed by atoms with Crippen molar-refractivity contribution in [3.05, 3.63) is 46.3 Å². The molecule has 2 aromatic rings. The van der Waals surface area contributed by atoms with Crippen molar-refractivity contribution in [2.45, 2.75) is 0 Å². The van der Waals surface area contributed by atoms with Crippen LogP contribution in [-0.2, 0) is 0 Å². The minimum absolute atomic E-state index is 0.0278. The van der Waals surface area contributed by atoms with Gasteiger partial charge in [-0.25, -0.2) is 8.78 Å². The lowest BCUT2D eigenvalue weighted by atomic mass is 10.2. The van der Waals surface area contributed by atoms with E-state index in [0.717, 1.165) is 12.1 Å². The molecule has 0 aliphatic carbocycles. The first-order chi connectivity index (χ1) is 6.18. The Bertz CT molecular complexity index is 518. The van der Waals surface area contributed by atoms with E-state index in [1.54, 1.807) is 0 Å². The molecule has 1 N–H and O–H groups in total. The summed E-state index contributed by atoms with van der Waals surface area (Å²) in [5.74, 6) is -1.51. The van der Waals surface area contributed by atoms with Crippen molar-refractivity contribution in [2.24, 2.45) is 0 Å². The molecule has 13 heavy (non-hydrogen) atoms. The highest BCUT2D eigenvalue weighted by molar-refractivity contribution is 5.78. The Balaban J connectivity index is 3.03. The lowest BCUT2D eigenvalue weighted by molar-refractivity contribution is 0.590. The molecule has 1 aromatic heterocycles. The minimum atomic E-state index is -0.757. The SMILES string of the molecule is O=c1cc[nH]c2c(F)cc(F)cc12. The predicted octanol–water partition coefficient (Wildman–Crippen LogP) is 1.81. The van der Waals surface area contributed by atoms with Gasteiger partial charge in [-0.1, -0.05) is 0 Å². The fourth-order valence-electron chi connectivity index (χ4n) is 1.21. The van der Waals surface area contributed by atoms with E-state index in [0.29, 0.717) is 0 Å². The van der Waals surface area contributed by atoms with Crippen LogP contribution in [0.4, 0.5) is 8.78 Å². The van der Waals surface area contributed by atoms with Crippen LogP contribution >= 0.6 is 0 Å². The molecule has 0 saturated carbocycles. The Morgan fingerprint density at radius 2 is 2.00 bits per heavy atom. The molecule has 4 heteroatoms. The molecular weight excluding hydrogens is 176 g/mol. The summed E-state index contributed by atoms with van der Waals surface area (Å²) in [6.45, 7) is 0. The second-order valence-electron chi connectivity index (χ2n) is 2.65. The van der Waals surface area contributed by atoms with Crippen molar-refractivity contribution in [3.63, 3.8) is 0 Å². The molecule has 0 unspecified atom stereocenters. The van der Waals surface area contributed by atoms with Gasteiger partial charge in [0.05, 0.1) is 10.9 Å². The monoisotopic (exact) mass is 181 g/mol. The number of H-pyrrole nitrogens is 1. The Labute approximate surface area is 71.8 Å². The topological polar surface area (TPSA) is 32.9 Å². The molecule has 66 valence electrons. The molecule has 0 aliphatic rings.